The van der Waals surface area contributed by atoms with Crippen molar-refractivity contribution in [2.45, 2.75) is 32.1 Å². The number of carbonyl (C=O) groups excluding carboxylic acids is 3. The maximum absolute atomic E-state index is 13.8. The first kappa shape index (κ1) is 26.5. The van der Waals surface area contributed by atoms with Crippen LogP contribution in [0.5, 0.6) is 0 Å². The van der Waals surface area contributed by atoms with Gasteiger partial charge >= 0.3 is 18.2 Å². The maximum Gasteiger partial charge on any atom is 0.419 e. The second kappa shape index (κ2) is 9.40. The summed E-state index contributed by atoms with van der Waals surface area (Å²) >= 11 is 0. The van der Waals surface area contributed by atoms with Crippen LogP contribution >= 0.6 is 0 Å². The number of nitrogens with zero attached hydrogens (tertiary/aromatic N) is 2. The second-order valence-corrected chi connectivity index (χ2v) is 9.14. The van der Waals surface area contributed by atoms with Crippen LogP contribution in [-0.4, -0.2) is 39.2 Å². The van der Waals surface area contributed by atoms with E-state index in [0.29, 0.717) is 22.6 Å². The molecule has 3 aromatic rings. The summed E-state index contributed by atoms with van der Waals surface area (Å²) in [4.78, 5) is 52.1. The third kappa shape index (κ3) is 4.74. The van der Waals surface area contributed by atoms with Crippen LogP contribution in [0.2, 0.25) is 0 Å². The molecule has 0 atom stereocenters. The third-order valence-corrected chi connectivity index (χ3v) is 6.26. The third-order valence-electron chi connectivity index (χ3n) is 6.26. The number of aromatic carboxylic acids is 1. The molecule has 1 heterocycles. The van der Waals surface area contributed by atoms with E-state index in [9.17, 15) is 36.7 Å². The zero-order chi connectivity index (χ0) is 28.0. The lowest BCUT2D eigenvalue weighted by atomic mass is 9.99. The van der Waals surface area contributed by atoms with Gasteiger partial charge in [0.1, 0.15) is 11.4 Å². The van der Waals surface area contributed by atoms with Crippen LogP contribution in [0.4, 0.5) is 28.0 Å². The van der Waals surface area contributed by atoms with E-state index >= 15 is 0 Å². The number of carboxylic acids is 1. The number of amides is 3. The molecule has 1 saturated heterocycles. The zero-order valence-corrected chi connectivity index (χ0v) is 20.0. The SMILES string of the molecule is CC1(C)C(=O)N(c2ccc(F)c(C(F)(F)F)c2)C(=O)N1Cc1cccc(C(=O)c2ccc(C(=O)O)cc2)c1. The number of halogens is 4. The lowest BCUT2D eigenvalue weighted by Crippen LogP contribution is -2.43. The van der Waals surface area contributed by atoms with Gasteiger partial charge in [-0.05, 0) is 55.8 Å². The van der Waals surface area contributed by atoms with Crippen molar-refractivity contribution in [1.82, 2.24) is 4.90 Å². The van der Waals surface area contributed by atoms with Gasteiger partial charge in [0.15, 0.2) is 5.78 Å². The predicted octanol–water partition coefficient (Wildman–Crippen LogP) is 5.52. The summed E-state index contributed by atoms with van der Waals surface area (Å²) in [6.45, 7) is 2.71. The van der Waals surface area contributed by atoms with E-state index in [1.165, 1.54) is 50.2 Å². The molecular formula is C27H20F4N2O5. The Hall–Kier alpha value is -4.54. The zero-order valence-electron chi connectivity index (χ0n) is 20.0. The fraction of sp³-hybridized carbons (Fsp3) is 0.185. The van der Waals surface area contributed by atoms with Crippen LogP contribution in [0.1, 0.15) is 51.3 Å². The highest BCUT2D eigenvalue weighted by atomic mass is 19.4. The van der Waals surface area contributed by atoms with Crippen LogP contribution < -0.4 is 4.90 Å². The number of urea groups is 1. The van der Waals surface area contributed by atoms with Crippen molar-refractivity contribution in [3.05, 3.63) is 100 Å². The van der Waals surface area contributed by atoms with Gasteiger partial charge in [0.2, 0.25) is 0 Å². The first-order valence-corrected chi connectivity index (χ1v) is 11.2. The van der Waals surface area contributed by atoms with Crippen molar-refractivity contribution in [3.8, 4) is 0 Å². The fourth-order valence-electron chi connectivity index (χ4n) is 4.12. The Balaban J connectivity index is 1.62. The average molecular weight is 528 g/mol. The molecular weight excluding hydrogens is 508 g/mol. The standard InChI is InChI=1S/C27H20F4N2O5/c1-26(2)24(37)33(19-10-11-21(28)20(13-19)27(29,30)31)25(38)32(26)14-15-4-3-5-18(12-15)22(34)16-6-8-17(9-7-16)23(35)36/h3-13H,14H2,1-2H3,(H,35,36). The molecule has 1 fully saturated rings. The van der Waals surface area contributed by atoms with Crippen LogP contribution in [-0.2, 0) is 17.5 Å². The minimum Gasteiger partial charge on any atom is -0.478 e. The van der Waals surface area contributed by atoms with E-state index in [-0.39, 0.29) is 23.2 Å². The first-order valence-electron chi connectivity index (χ1n) is 11.2. The van der Waals surface area contributed by atoms with E-state index in [4.69, 9.17) is 5.11 Å². The van der Waals surface area contributed by atoms with Gasteiger partial charge in [0, 0.05) is 17.7 Å². The summed E-state index contributed by atoms with van der Waals surface area (Å²) in [5.41, 5.74) is -2.52. The summed E-state index contributed by atoms with van der Waals surface area (Å²) in [5.74, 6) is -3.87. The molecule has 11 heteroatoms. The number of imide groups is 1. The van der Waals surface area contributed by atoms with Crippen molar-refractivity contribution in [1.29, 1.82) is 0 Å². The number of hydrogen-bond acceptors (Lipinski definition) is 4. The summed E-state index contributed by atoms with van der Waals surface area (Å²) < 4.78 is 53.4. The number of carboxylic acid groups (broad SMARTS) is 1. The molecule has 0 unspecified atom stereocenters. The number of carbonyl (C=O) groups is 4. The van der Waals surface area contributed by atoms with Gasteiger partial charge in [-0.2, -0.15) is 13.2 Å². The topological polar surface area (TPSA) is 95.0 Å². The molecule has 0 saturated carbocycles. The van der Waals surface area contributed by atoms with Gasteiger partial charge < -0.3 is 10.0 Å². The van der Waals surface area contributed by atoms with Gasteiger partial charge in [-0.3, -0.25) is 9.59 Å². The Morgan fingerprint density at radius 3 is 2.13 bits per heavy atom. The molecule has 38 heavy (non-hydrogen) atoms. The van der Waals surface area contributed by atoms with Crippen LogP contribution in [0, 0.1) is 5.82 Å². The van der Waals surface area contributed by atoms with E-state index in [0.717, 1.165) is 11.0 Å². The molecule has 196 valence electrons. The van der Waals surface area contributed by atoms with E-state index in [1.807, 2.05) is 0 Å². The molecule has 0 radical (unpaired) electrons. The van der Waals surface area contributed by atoms with Crippen LogP contribution in [0.3, 0.4) is 0 Å². The molecule has 1 aliphatic heterocycles. The molecule has 0 aromatic heterocycles. The maximum atomic E-state index is 13.8. The Morgan fingerprint density at radius 2 is 1.53 bits per heavy atom. The lowest BCUT2D eigenvalue weighted by molar-refractivity contribution is -0.140. The highest BCUT2D eigenvalue weighted by Gasteiger charge is 2.52. The normalized spacial score (nSPS) is 15.2. The smallest absolute Gasteiger partial charge is 0.419 e. The summed E-state index contributed by atoms with van der Waals surface area (Å²) in [6, 6.07) is 12.5. The minimum absolute atomic E-state index is 0.0165. The Kier molecular flexibility index (Phi) is 6.56. The molecule has 0 spiro atoms. The van der Waals surface area contributed by atoms with Gasteiger partial charge in [-0.15, -0.1) is 0 Å². The number of hydrogen-bond donors (Lipinski definition) is 1. The first-order chi connectivity index (χ1) is 17.7. The molecule has 0 bridgehead atoms. The van der Waals surface area contributed by atoms with Crippen LogP contribution in [0.15, 0.2) is 66.7 Å². The van der Waals surface area contributed by atoms with Gasteiger partial charge in [-0.25, -0.2) is 18.9 Å². The Bertz CT molecular complexity index is 1470. The monoisotopic (exact) mass is 528 g/mol. The van der Waals surface area contributed by atoms with E-state index < -0.39 is 52.5 Å². The number of benzene rings is 3. The van der Waals surface area contributed by atoms with E-state index in [1.54, 1.807) is 12.1 Å². The summed E-state index contributed by atoms with van der Waals surface area (Å²) in [7, 11) is 0. The van der Waals surface area contributed by atoms with Crippen molar-refractivity contribution >= 4 is 29.4 Å². The van der Waals surface area contributed by atoms with Crippen LogP contribution in [0.25, 0.3) is 0 Å². The number of alkyl halides is 3. The highest BCUT2D eigenvalue weighted by Crippen LogP contribution is 2.38. The van der Waals surface area contributed by atoms with Crippen molar-refractivity contribution in [2.75, 3.05) is 4.90 Å². The molecule has 4 rings (SSSR count). The molecule has 1 aliphatic rings. The largest absolute Gasteiger partial charge is 0.478 e. The van der Waals surface area contributed by atoms with Crippen molar-refractivity contribution in [3.63, 3.8) is 0 Å². The fourth-order valence-corrected chi connectivity index (χ4v) is 4.12. The number of anilines is 1. The van der Waals surface area contributed by atoms with Crippen molar-refractivity contribution in [2.24, 2.45) is 0 Å². The average Bonchev–Trinajstić information content (AvgIpc) is 3.02. The molecule has 7 nitrogen and oxygen atoms in total. The molecule has 1 N–H and O–H groups in total. The quantitative estimate of drug-likeness (QED) is 0.258. The number of rotatable bonds is 6. The Morgan fingerprint density at radius 1 is 0.895 bits per heavy atom. The minimum atomic E-state index is -5.03. The highest BCUT2D eigenvalue weighted by molar-refractivity contribution is 6.23. The Labute approximate surface area is 213 Å². The second-order valence-electron chi connectivity index (χ2n) is 9.14. The molecule has 3 aromatic carbocycles. The van der Waals surface area contributed by atoms with Crippen molar-refractivity contribution < 1.29 is 41.8 Å². The predicted molar refractivity (Wildman–Crippen MR) is 127 cm³/mol. The number of ketones is 1. The lowest BCUT2D eigenvalue weighted by Gasteiger charge is -2.27. The molecule has 3 amide bonds. The molecule has 0 aliphatic carbocycles. The summed E-state index contributed by atoms with van der Waals surface area (Å²) in [6.07, 6.45) is -5.03. The van der Waals surface area contributed by atoms with Gasteiger partial charge in [0.25, 0.3) is 5.91 Å². The van der Waals surface area contributed by atoms with Gasteiger partial charge in [0.05, 0.1) is 16.8 Å². The summed E-state index contributed by atoms with van der Waals surface area (Å²) in [5, 5.41) is 9.03. The van der Waals surface area contributed by atoms with E-state index in [2.05, 4.69) is 0 Å². The van der Waals surface area contributed by atoms with Gasteiger partial charge in [-0.1, -0.05) is 30.3 Å².